The number of nitrogens with zero attached hydrogens (tertiary/aromatic N) is 1. The molecular weight excluding hydrogens is 310 g/mol. The summed E-state index contributed by atoms with van der Waals surface area (Å²) in [7, 11) is 1.59. The van der Waals surface area contributed by atoms with Crippen LogP contribution in [-0.2, 0) is 4.74 Å². The fraction of sp³-hybridized carbons (Fsp3) is 0.222. The van der Waals surface area contributed by atoms with Crippen LogP contribution in [0.3, 0.4) is 0 Å². The van der Waals surface area contributed by atoms with Gasteiger partial charge in [0, 0.05) is 13.2 Å². The van der Waals surface area contributed by atoms with E-state index < -0.39 is 0 Å². The van der Waals surface area contributed by atoms with Crippen LogP contribution in [0.4, 0.5) is 5.69 Å². The minimum absolute atomic E-state index is 0.222. The van der Waals surface area contributed by atoms with Crippen molar-refractivity contribution in [1.82, 2.24) is 0 Å². The van der Waals surface area contributed by atoms with E-state index in [0.29, 0.717) is 41.5 Å². The largest absolute Gasteiger partial charge is 0.486 e. The molecule has 1 atom stereocenters. The number of rotatable bonds is 3. The zero-order valence-corrected chi connectivity index (χ0v) is 13.0. The molecule has 4 rings (SSSR count). The number of hydrogen-bond donors (Lipinski definition) is 0. The summed E-state index contributed by atoms with van der Waals surface area (Å²) in [4.78, 5) is 26.3. The second kappa shape index (κ2) is 5.65. The summed E-state index contributed by atoms with van der Waals surface area (Å²) in [6.07, 6.45) is -0.222. The van der Waals surface area contributed by atoms with Crippen molar-refractivity contribution in [3.63, 3.8) is 0 Å². The third-order valence-corrected chi connectivity index (χ3v) is 4.05. The van der Waals surface area contributed by atoms with Crippen molar-refractivity contribution in [2.24, 2.45) is 0 Å². The quantitative estimate of drug-likeness (QED) is 0.810. The van der Waals surface area contributed by atoms with Crippen LogP contribution in [-0.4, -0.2) is 38.2 Å². The van der Waals surface area contributed by atoms with Crippen LogP contribution >= 0.6 is 0 Å². The minimum atomic E-state index is -0.333. The number of carbonyl (C=O) groups is 2. The van der Waals surface area contributed by atoms with Crippen LogP contribution in [0.15, 0.2) is 42.5 Å². The van der Waals surface area contributed by atoms with Crippen molar-refractivity contribution >= 4 is 17.5 Å². The van der Waals surface area contributed by atoms with E-state index in [1.54, 1.807) is 49.6 Å². The van der Waals surface area contributed by atoms with Gasteiger partial charge in [0.25, 0.3) is 11.8 Å². The van der Waals surface area contributed by atoms with Gasteiger partial charge < -0.3 is 14.2 Å². The van der Waals surface area contributed by atoms with Crippen LogP contribution in [0.5, 0.6) is 11.5 Å². The van der Waals surface area contributed by atoms with Gasteiger partial charge in [0.2, 0.25) is 0 Å². The van der Waals surface area contributed by atoms with Crippen molar-refractivity contribution in [3.05, 3.63) is 53.6 Å². The van der Waals surface area contributed by atoms with Crippen LogP contribution < -0.4 is 14.4 Å². The fourth-order valence-electron chi connectivity index (χ4n) is 2.94. The van der Waals surface area contributed by atoms with E-state index in [9.17, 15) is 9.59 Å². The lowest BCUT2D eigenvalue weighted by atomic mass is 10.1. The highest BCUT2D eigenvalue weighted by Gasteiger charge is 2.37. The number of benzene rings is 2. The fourth-order valence-corrected chi connectivity index (χ4v) is 2.94. The Kier molecular flexibility index (Phi) is 3.46. The van der Waals surface area contributed by atoms with E-state index in [0.717, 1.165) is 4.90 Å². The number of carbonyl (C=O) groups excluding carboxylic acids is 2. The van der Waals surface area contributed by atoms with E-state index in [1.165, 1.54) is 0 Å². The standard InChI is InChI=1S/C18H15NO5/c1-22-9-12-10-23-15-7-6-11(8-16(15)24-12)19-17(20)13-4-2-3-5-14(13)18(19)21/h2-8,12H,9-10H2,1H3. The lowest BCUT2D eigenvalue weighted by Crippen LogP contribution is -2.33. The number of hydrogen-bond acceptors (Lipinski definition) is 5. The Bertz CT molecular complexity index is 797. The van der Waals surface area contributed by atoms with Gasteiger partial charge in [-0.2, -0.15) is 0 Å². The number of fused-ring (bicyclic) bond motifs is 2. The van der Waals surface area contributed by atoms with Gasteiger partial charge in [0.1, 0.15) is 6.61 Å². The number of anilines is 1. The third-order valence-electron chi connectivity index (χ3n) is 4.05. The predicted octanol–water partition coefficient (Wildman–Crippen LogP) is 2.27. The molecule has 1 unspecified atom stereocenters. The van der Waals surface area contributed by atoms with E-state index in [1.807, 2.05) is 0 Å². The molecule has 2 aliphatic rings. The molecule has 0 spiro atoms. The highest BCUT2D eigenvalue weighted by atomic mass is 16.6. The Labute approximate surface area is 138 Å². The molecule has 0 fully saturated rings. The topological polar surface area (TPSA) is 65.1 Å². The summed E-state index contributed by atoms with van der Waals surface area (Å²) < 4.78 is 16.5. The first-order chi connectivity index (χ1) is 11.7. The van der Waals surface area contributed by atoms with Crippen molar-refractivity contribution in [2.45, 2.75) is 6.10 Å². The Hall–Kier alpha value is -2.86. The molecule has 0 radical (unpaired) electrons. The molecule has 6 heteroatoms. The first kappa shape index (κ1) is 14.7. The second-order valence-electron chi connectivity index (χ2n) is 5.63. The number of amides is 2. The van der Waals surface area contributed by atoms with Crippen molar-refractivity contribution < 1.29 is 23.8 Å². The smallest absolute Gasteiger partial charge is 0.266 e. The number of imide groups is 1. The summed E-state index contributed by atoms with van der Waals surface area (Å²) in [6, 6.07) is 11.8. The van der Waals surface area contributed by atoms with Gasteiger partial charge in [0.05, 0.1) is 23.4 Å². The van der Waals surface area contributed by atoms with Crippen LogP contribution in [0.25, 0.3) is 0 Å². The maximum atomic E-state index is 12.6. The normalized spacial score (nSPS) is 18.7. The van der Waals surface area contributed by atoms with Crippen LogP contribution in [0, 0.1) is 0 Å². The molecule has 2 aliphatic heterocycles. The summed E-state index contributed by atoms with van der Waals surface area (Å²) in [5.74, 6) is 0.418. The third kappa shape index (κ3) is 2.23. The molecule has 0 N–H and O–H groups in total. The maximum Gasteiger partial charge on any atom is 0.266 e. The Morgan fingerprint density at radius 1 is 1.08 bits per heavy atom. The van der Waals surface area contributed by atoms with Crippen molar-refractivity contribution in [2.75, 3.05) is 25.2 Å². The highest BCUT2D eigenvalue weighted by molar-refractivity contribution is 6.34. The monoisotopic (exact) mass is 325 g/mol. The molecule has 6 nitrogen and oxygen atoms in total. The van der Waals surface area contributed by atoms with Gasteiger partial charge in [0.15, 0.2) is 17.6 Å². The lowest BCUT2D eigenvalue weighted by molar-refractivity contribution is 0.0272. The Morgan fingerprint density at radius 3 is 2.46 bits per heavy atom. The molecule has 2 aromatic carbocycles. The lowest BCUT2D eigenvalue weighted by Gasteiger charge is -2.27. The molecule has 0 saturated heterocycles. The summed E-state index contributed by atoms with van der Waals surface area (Å²) in [5.41, 5.74) is 1.28. The van der Waals surface area contributed by atoms with Crippen molar-refractivity contribution in [3.8, 4) is 11.5 Å². The van der Waals surface area contributed by atoms with Crippen LogP contribution in [0.1, 0.15) is 20.7 Å². The molecular formula is C18H15NO5. The average Bonchev–Trinajstić information content (AvgIpc) is 2.86. The first-order valence-electron chi connectivity index (χ1n) is 7.59. The second-order valence-corrected chi connectivity index (χ2v) is 5.63. The van der Waals surface area contributed by atoms with E-state index in [4.69, 9.17) is 14.2 Å². The minimum Gasteiger partial charge on any atom is -0.486 e. The molecule has 2 heterocycles. The first-order valence-corrected chi connectivity index (χ1v) is 7.59. The van der Waals surface area contributed by atoms with Gasteiger partial charge in [-0.05, 0) is 24.3 Å². The van der Waals surface area contributed by atoms with E-state index >= 15 is 0 Å². The molecule has 0 aliphatic carbocycles. The SMILES string of the molecule is COCC1COc2ccc(N3C(=O)c4ccccc4C3=O)cc2O1. The Balaban J connectivity index is 1.68. The maximum absolute atomic E-state index is 12.6. The molecule has 122 valence electrons. The van der Waals surface area contributed by atoms with E-state index in [2.05, 4.69) is 0 Å². The molecule has 0 saturated carbocycles. The predicted molar refractivity (Wildman–Crippen MR) is 85.8 cm³/mol. The number of ether oxygens (including phenoxy) is 3. The number of methoxy groups -OCH3 is 1. The van der Waals surface area contributed by atoms with Gasteiger partial charge in [-0.3, -0.25) is 9.59 Å². The van der Waals surface area contributed by atoms with Gasteiger partial charge >= 0.3 is 0 Å². The molecule has 2 aromatic rings. The molecule has 2 amide bonds. The zero-order chi connectivity index (χ0) is 16.7. The Morgan fingerprint density at radius 2 is 1.79 bits per heavy atom. The molecule has 24 heavy (non-hydrogen) atoms. The van der Waals surface area contributed by atoms with Gasteiger partial charge in [-0.1, -0.05) is 12.1 Å². The highest BCUT2D eigenvalue weighted by Crippen LogP contribution is 2.37. The molecule has 0 bridgehead atoms. The van der Waals surface area contributed by atoms with Crippen LogP contribution in [0.2, 0.25) is 0 Å². The van der Waals surface area contributed by atoms with Gasteiger partial charge in [-0.25, -0.2) is 4.90 Å². The van der Waals surface area contributed by atoms with E-state index in [-0.39, 0.29) is 17.9 Å². The molecule has 0 aromatic heterocycles. The summed E-state index contributed by atoms with van der Waals surface area (Å²) in [6.45, 7) is 0.796. The average molecular weight is 325 g/mol. The van der Waals surface area contributed by atoms with Crippen molar-refractivity contribution in [1.29, 1.82) is 0 Å². The zero-order valence-electron chi connectivity index (χ0n) is 13.0. The van der Waals surface area contributed by atoms with Gasteiger partial charge in [-0.15, -0.1) is 0 Å². The summed E-state index contributed by atoms with van der Waals surface area (Å²) >= 11 is 0. The summed E-state index contributed by atoms with van der Waals surface area (Å²) in [5, 5.41) is 0.